The molecule has 0 saturated carbocycles. The van der Waals surface area contributed by atoms with E-state index < -0.39 is 0 Å². The predicted octanol–water partition coefficient (Wildman–Crippen LogP) is 4.81. The molecule has 1 aliphatic rings. The summed E-state index contributed by atoms with van der Waals surface area (Å²) in [7, 11) is 0. The van der Waals surface area contributed by atoms with E-state index in [0.717, 1.165) is 12.3 Å². The smallest absolute Gasteiger partial charge is 0.00747 e. The van der Waals surface area contributed by atoms with Gasteiger partial charge in [-0.3, -0.25) is 0 Å². The normalized spacial score (nSPS) is 28.9. The largest absolute Gasteiger partial charge is 0.0645 e. The van der Waals surface area contributed by atoms with Gasteiger partial charge < -0.3 is 0 Å². The lowest BCUT2D eigenvalue weighted by Gasteiger charge is -2.38. The molecule has 0 heteroatoms. The molecule has 0 radical (unpaired) electrons. The molecule has 1 aromatic rings. The molecule has 0 amide bonds. The van der Waals surface area contributed by atoms with Crippen molar-refractivity contribution in [2.75, 3.05) is 0 Å². The lowest BCUT2D eigenvalue weighted by Crippen LogP contribution is -2.28. The molecule has 2 atom stereocenters. The lowest BCUT2D eigenvalue weighted by molar-refractivity contribution is 0.359. The van der Waals surface area contributed by atoms with E-state index >= 15 is 0 Å². The molecule has 1 aromatic carbocycles. The van der Waals surface area contributed by atoms with Gasteiger partial charge in [0.1, 0.15) is 0 Å². The average Bonchev–Trinajstić information content (AvgIpc) is 2.34. The van der Waals surface area contributed by atoms with Gasteiger partial charge in [-0.2, -0.15) is 0 Å². The summed E-state index contributed by atoms with van der Waals surface area (Å²) in [5.41, 5.74) is 5.15. The summed E-state index contributed by atoms with van der Waals surface area (Å²) in [6.45, 7) is 9.40. The number of hydrogen-bond donors (Lipinski definition) is 0. The third-order valence-corrected chi connectivity index (χ3v) is 4.62. The zero-order valence-corrected chi connectivity index (χ0v) is 11.1. The fourth-order valence-corrected chi connectivity index (χ4v) is 2.97. The number of hydrogen-bond acceptors (Lipinski definition) is 0. The Morgan fingerprint density at radius 1 is 1.31 bits per heavy atom. The van der Waals surface area contributed by atoms with Gasteiger partial charge in [0.25, 0.3) is 0 Å². The first-order valence-electron chi connectivity index (χ1n) is 6.74. The van der Waals surface area contributed by atoms with Crippen molar-refractivity contribution in [1.82, 2.24) is 0 Å². The van der Waals surface area contributed by atoms with Crippen molar-refractivity contribution in [2.24, 2.45) is 0 Å². The molecule has 16 heavy (non-hydrogen) atoms. The van der Waals surface area contributed by atoms with Crippen LogP contribution >= 0.6 is 0 Å². The van der Waals surface area contributed by atoms with Crippen LogP contribution in [0.15, 0.2) is 18.2 Å². The highest BCUT2D eigenvalue weighted by Gasteiger charge is 2.33. The Balaban J connectivity index is 2.53. The van der Waals surface area contributed by atoms with E-state index in [0.29, 0.717) is 5.41 Å². The number of aryl methyl sites for hydroxylation is 1. The summed E-state index contributed by atoms with van der Waals surface area (Å²) in [5, 5.41) is 0. The maximum Gasteiger partial charge on any atom is -0.00747 e. The zero-order valence-electron chi connectivity index (χ0n) is 11.1. The quantitative estimate of drug-likeness (QED) is 0.665. The van der Waals surface area contributed by atoms with E-state index in [9.17, 15) is 0 Å². The van der Waals surface area contributed by atoms with Crippen molar-refractivity contribution in [3.63, 3.8) is 0 Å². The first-order chi connectivity index (χ1) is 7.60. The van der Waals surface area contributed by atoms with Crippen LogP contribution in [0.1, 0.15) is 69.6 Å². The number of benzene rings is 1. The van der Waals surface area contributed by atoms with E-state index in [2.05, 4.69) is 45.9 Å². The zero-order chi connectivity index (χ0) is 11.8. The van der Waals surface area contributed by atoms with Gasteiger partial charge in [0, 0.05) is 0 Å². The van der Waals surface area contributed by atoms with Crippen LogP contribution in [0.25, 0.3) is 0 Å². The summed E-state index contributed by atoms with van der Waals surface area (Å²) >= 11 is 0. The van der Waals surface area contributed by atoms with Crippen LogP contribution in [0, 0.1) is 0 Å². The minimum atomic E-state index is 0.424. The second kappa shape index (κ2) is 4.24. The third-order valence-electron chi connectivity index (χ3n) is 4.62. The van der Waals surface area contributed by atoms with Crippen LogP contribution < -0.4 is 0 Å². The summed E-state index contributed by atoms with van der Waals surface area (Å²) < 4.78 is 0. The fourth-order valence-electron chi connectivity index (χ4n) is 2.97. The van der Waals surface area contributed by atoms with E-state index in [1.165, 1.54) is 24.8 Å². The van der Waals surface area contributed by atoms with Gasteiger partial charge in [-0.25, -0.2) is 0 Å². The lowest BCUT2D eigenvalue weighted by atomic mass is 9.66. The Morgan fingerprint density at radius 2 is 2.06 bits per heavy atom. The van der Waals surface area contributed by atoms with E-state index in [1.54, 1.807) is 11.1 Å². The van der Waals surface area contributed by atoms with Gasteiger partial charge in [0.2, 0.25) is 0 Å². The molecule has 0 saturated heterocycles. The van der Waals surface area contributed by atoms with Crippen LogP contribution in [0.5, 0.6) is 0 Å². The molecule has 88 valence electrons. The molecule has 0 spiro atoms. The highest BCUT2D eigenvalue weighted by atomic mass is 14.4. The van der Waals surface area contributed by atoms with E-state index in [4.69, 9.17) is 0 Å². The Hall–Kier alpha value is -0.780. The van der Waals surface area contributed by atoms with Gasteiger partial charge >= 0.3 is 0 Å². The van der Waals surface area contributed by atoms with E-state index in [-0.39, 0.29) is 0 Å². The Bertz CT molecular complexity index is 378. The molecular weight excluding hydrogens is 192 g/mol. The van der Waals surface area contributed by atoms with Crippen molar-refractivity contribution in [3.8, 4) is 0 Å². The Morgan fingerprint density at radius 3 is 2.69 bits per heavy atom. The molecule has 0 nitrogen and oxygen atoms in total. The van der Waals surface area contributed by atoms with Gasteiger partial charge in [-0.05, 0) is 53.7 Å². The van der Waals surface area contributed by atoms with Gasteiger partial charge in [0.05, 0.1) is 0 Å². The van der Waals surface area contributed by atoms with Crippen molar-refractivity contribution >= 4 is 0 Å². The number of fused-ring (bicyclic) bond motifs is 1. The van der Waals surface area contributed by atoms with Crippen molar-refractivity contribution in [2.45, 2.75) is 64.7 Å². The second-order valence-electron chi connectivity index (χ2n) is 5.63. The molecule has 0 bridgehead atoms. The highest BCUT2D eigenvalue weighted by Crippen LogP contribution is 2.44. The first kappa shape index (κ1) is 11.7. The topological polar surface area (TPSA) is 0 Å². The summed E-state index contributed by atoms with van der Waals surface area (Å²) in [6, 6.07) is 7.16. The third kappa shape index (κ3) is 1.79. The molecule has 0 fully saturated rings. The molecule has 1 aliphatic carbocycles. The van der Waals surface area contributed by atoms with Crippen molar-refractivity contribution in [3.05, 3.63) is 34.9 Å². The molecule has 0 heterocycles. The average molecular weight is 216 g/mol. The summed E-state index contributed by atoms with van der Waals surface area (Å²) in [6.07, 6.45) is 5.12. The maximum atomic E-state index is 2.47. The monoisotopic (exact) mass is 216 g/mol. The molecule has 0 aliphatic heterocycles. The standard InChI is InChI=1S/C16H24/c1-5-13-7-8-14-12(3)9-10-16(4,6-2)15(14)11-13/h7-8,11-12H,5-6,9-10H2,1-4H3. The minimum Gasteiger partial charge on any atom is -0.0645 e. The summed E-state index contributed by atoms with van der Waals surface area (Å²) in [5.74, 6) is 0.750. The molecule has 0 aromatic heterocycles. The number of rotatable bonds is 2. The first-order valence-corrected chi connectivity index (χ1v) is 6.74. The second-order valence-corrected chi connectivity index (χ2v) is 5.63. The van der Waals surface area contributed by atoms with Gasteiger partial charge in [0.15, 0.2) is 0 Å². The summed E-state index contributed by atoms with van der Waals surface area (Å²) in [4.78, 5) is 0. The Labute approximate surface area is 100 Å². The van der Waals surface area contributed by atoms with Crippen LogP contribution in [0.4, 0.5) is 0 Å². The Kier molecular flexibility index (Phi) is 3.10. The van der Waals surface area contributed by atoms with Crippen LogP contribution in [0.3, 0.4) is 0 Å². The molecular formula is C16H24. The van der Waals surface area contributed by atoms with Gasteiger partial charge in [-0.1, -0.05) is 45.9 Å². The molecule has 2 rings (SSSR count). The predicted molar refractivity (Wildman–Crippen MR) is 71.1 cm³/mol. The SMILES string of the molecule is CCc1ccc2c(c1)C(C)(CC)CCC2C. The van der Waals surface area contributed by atoms with E-state index in [1.807, 2.05) is 0 Å². The fraction of sp³-hybridized carbons (Fsp3) is 0.625. The van der Waals surface area contributed by atoms with Crippen molar-refractivity contribution in [1.29, 1.82) is 0 Å². The van der Waals surface area contributed by atoms with Crippen LogP contribution in [-0.2, 0) is 11.8 Å². The molecule has 0 N–H and O–H groups in total. The maximum absolute atomic E-state index is 2.47. The van der Waals surface area contributed by atoms with Crippen LogP contribution in [0.2, 0.25) is 0 Å². The van der Waals surface area contributed by atoms with Crippen LogP contribution in [-0.4, -0.2) is 0 Å². The minimum absolute atomic E-state index is 0.424. The highest BCUT2D eigenvalue weighted by molar-refractivity contribution is 5.41. The van der Waals surface area contributed by atoms with Crippen molar-refractivity contribution < 1.29 is 0 Å². The molecule has 2 unspecified atom stereocenters. The van der Waals surface area contributed by atoms with Gasteiger partial charge in [-0.15, -0.1) is 0 Å².